The summed E-state index contributed by atoms with van der Waals surface area (Å²) in [6.45, 7) is 0. The SMILES string of the molecule is N#Cc1cccc(-c2csc(Cl)n2)c1. The van der Waals surface area contributed by atoms with E-state index in [4.69, 9.17) is 16.9 Å². The van der Waals surface area contributed by atoms with E-state index in [1.165, 1.54) is 11.3 Å². The molecule has 4 heteroatoms. The summed E-state index contributed by atoms with van der Waals surface area (Å²) >= 11 is 7.11. The molecule has 0 N–H and O–H groups in total. The highest BCUT2D eigenvalue weighted by Gasteiger charge is 2.02. The summed E-state index contributed by atoms with van der Waals surface area (Å²) in [4.78, 5) is 4.13. The van der Waals surface area contributed by atoms with Crippen LogP contribution in [0.1, 0.15) is 5.56 Å². The van der Waals surface area contributed by atoms with Crippen LogP contribution in [0.2, 0.25) is 4.47 Å². The minimum Gasteiger partial charge on any atom is -0.225 e. The molecule has 0 saturated carbocycles. The maximum Gasteiger partial charge on any atom is 0.184 e. The summed E-state index contributed by atoms with van der Waals surface area (Å²) in [5.41, 5.74) is 2.37. The Kier molecular flexibility index (Phi) is 2.49. The van der Waals surface area contributed by atoms with E-state index in [9.17, 15) is 0 Å². The van der Waals surface area contributed by atoms with Crippen LogP contribution in [0.5, 0.6) is 0 Å². The Hall–Kier alpha value is -1.37. The van der Waals surface area contributed by atoms with Crippen LogP contribution in [0.3, 0.4) is 0 Å². The van der Waals surface area contributed by atoms with Crippen LogP contribution in [-0.2, 0) is 0 Å². The lowest BCUT2D eigenvalue weighted by Crippen LogP contribution is -1.79. The van der Waals surface area contributed by atoms with Crippen molar-refractivity contribution in [2.24, 2.45) is 0 Å². The van der Waals surface area contributed by atoms with E-state index in [2.05, 4.69) is 11.1 Å². The van der Waals surface area contributed by atoms with Gasteiger partial charge in [0, 0.05) is 10.9 Å². The molecule has 2 rings (SSSR count). The Labute approximate surface area is 90.4 Å². The Balaban J connectivity index is 2.47. The molecule has 1 heterocycles. The van der Waals surface area contributed by atoms with E-state index in [-0.39, 0.29) is 0 Å². The molecule has 0 bridgehead atoms. The lowest BCUT2D eigenvalue weighted by Gasteiger charge is -1.95. The topological polar surface area (TPSA) is 36.7 Å². The second-order valence-corrected chi connectivity index (χ2v) is 4.12. The second kappa shape index (κ2) is 3.79. The van der Waals surface area contributed by atoms with Crippen LogP contribution >= 0.6 is 22.9 Å². The zero-order chi connectivity index (χ0) is 9.97. The number of hydrogen-bond donors (Lipinski definition) is 0. The zero-order valence-electron chi connectivity index (χ0n) is 7.07. The van der Waals surface area contributed by atoms with Crippen molar-refractivity contribution < 1.29 is 0 Å². The van der Waals surface area contributed by atoms with Gasteiger partial charge in [-0.05, 0) is 12.1 Å². The first-order valence-corrected chi connectivity index (χ1v) is 5.17. The number of benzene rings is 1. The number of rotatable bonds is 1. The summed E-state index contributed by atoms with van der Waals surface area (Å²) in [5.74, 6) is 0. The second-order valence-electron chi connectivity index (χ2n) is 2.68. The normalized spacial score (nSPS) is 9.71. The highest BCUT2D eigenvalue weighted by atomic mass is 35.5. The molecule has 0 unspecified atom stereocenters. The van der Waals surface area contributed by atoms with Crippen LogP contribution < -0.4 is 0 Å². The maximum atomic E-state index is 8.72. The maximum absolute atomic E-state index is 8.72. The predicted molar refractivity (Wildman–Crippen MR) is 57.3 cm³/mol. The molecule has 0 atom stereocenters. The molecular formula is C10H5ClN2S. The third-order valence-electron chi connectivity index (χ3n) is 1.76. The zero-order valence-corrected chi connectivity index (χ0v) is 8.64. The lowest BCUT2D eigenvalue weighted by molar-refractivity contribution is 1.40. The van der Waals surface area contributed by atoms with Crippen molar-refractivity contribution in [3.8, 4) is 17.3 Å². The number of nitriles is 1. The minimum absolute atomic E-state index is 0.516. The molecule has 0 radical (unpaired) electrons. The molecule has 2 aromatic rings. The molecule has 0 aliphatic carbocycles. The van der Waals surface area contributed by atoms with Crippen molar-refractivity contribution in [3.63, 3.8) is 0 Å². The highest BCUT2D eigenvalue weighted by Crippen LogP contribution is 2.24. The summed E-state index contributed by atoms with van der Waals surface area (Å²) in [6, 6.07) is 9.39. The monoisotopic (exact) mass is 220 g/mol. The predicted octanol–water partition coefficient (Wildman–Crippen LogP) is 3.34. The van der Waals surface area contributed by atoms with Gasteiger partial charge in [-0.2, -0.15) is 5.26 Å². The van der Waals surface area contributed by atoms with E-state index >= 15 is 0 Å². The molecule has 1 aromatic heterocycles. The third-order valence-corrected chi connectivity index (χ3v) is 2.74. The molecule has 1 aromatic carbocycles. The first-order valence-electron chi connectivity index (χ1n) is 3.91. The van der Waals surface area contributed by atoms with Gasteiger partial charge < -0.3 is 0 Å². The minimum atomic E-state index is 0.516. The van der Waals surface area contributed by atoms with Gasteiger partial charge in [0.05, 0.1) is 17.3 Å². The number of aromatic nitrogens is 1. The fraction of sp³-hybridized carbons (Fsp3) is 0. The van der Waals surface area contributed by atoms with E-state index in [0.717, 1.165) is 11.3 Å². The first-order chi connectivity index (χ1) is 6.79. The molecule has 0 amide bonds. The van der Waals surface area contributed by atoms with Crippen LogP contribution in [0, 0.1) is 11.3 Å². The number of halogens is 1. The van der Waals surface area contributed by atoms with Crippen LogP contribution in [0.4, 0.5) is 0 Å². The molecule has 0 aliphatic rings. The fourth-order valence-corrected chi connectivity index (χ4v) is 1.91. The van der Waals surface area contributed by atoms with E-state index in [1.54, 1.807) is 12.1 Å². The van der Waals surface area contributed by atoms with E-state index in [0.29, 0.717) is 10.0 Å². The molecular weight excluding hydrogens is 216 g/mol. The number of nitrogens with zero attached hydrogens (tertiary/aromatic N) is 2. The molecule has 0 spiro atoms. The summed E-state index contributed by atoms with van der Waals surface area (Å²) in [7, 11) is 0. The van der Waals surface area contributed by atoms with Crippen molar-refractivity contribution in [2.45, 2.75) is 0 Å². The first kappa shape index (κ1) is 9.20. The number of thiazole rings is 1. The average Bonchev–Trinajstić information content (AvgIpc) is 2.65. The van der Waals surface area contributed by atoms with Gasteiger partial charge in [0.2, 0.25) is 0 Å². The van der Waals surface area contributed by atoms with Crippen molar-refractivity contribution >= 4 is 22.9 Å². The van der Waals surface area contributed by atoms with Gasteiger partial charge in [0.15, 0.2) is 4.47 Å². The van der Waals surface area contributed by atoms with E-state index in [1.807, 2.05) is 17.5 Å². The molecule has 14 heavy (non-hydrogen) atoms. The third kappa shape index (κ3) is 1.77. The molecule has 0 aliphatic heterocycles. The summed E-state index contributed by atoms with van der Waals surface area (Å²) in [6.07, 6.45) is 0. The number of hydrogen-bond acceptors (Lipinski definition) is 3. The summed E-state index contributed by atoms with van der Waals surface area (Å²) in [5, 5.41) is 10.6. The van der Waals surface area contributed by atoms with E-state index < -0.39 is 0 Å². The highest BCUT2D eigenvalue weighted by molar-refractivity contribution is 7.14. The fourth-order valence-electron chi connectivity index (χ4n) is 1.13. The Morgan fingerprint density at radius 1 is 1.43 bits per heavy atom. The lowest BCUT2D eigenvalue weighted by atomic mass is 10.1. The van der Waals surface area contributed by atoms with Gasteiger partial charge in [0.1, 0.15) is 0 Å². The molecule has 0 saturated heterocycles. The van der Waals surface area contributed by atoms with Crippen molar-refractivity contribution in [3.05, 3.63) is 39.7 Å². The van der Waals surface area contributed by atoms with Gasteiger partial charge in [-0.3, -0.25) is 0 Å². The Morgan fingerprint density at radius 2 is 2.29 bits per heavy atom. The van der Waals surface area contributed by atoms with Crippen molar-refractivity contribution in [2.75, 3.05) is 0 Å². The standard InChI is InChI=1S/C10H5ClN2S/c11-10-13-9(6-14-10)8-3-1-2-7(4-8)5-12/h1-4,6H. The molecule has 0 fully saturated rings. The quantitative estimate of drug-likeness (QED) is 0.739. The molecule has 2 nitrogen and oxygen atoms in total. The summed E-state index contributed by atoms with van der Waals surface area (Å²) < 4.78 is 0.516. The average molecular weight is 221 g/mol. The Bertz CT molecular complexity index is 499. The van der Waals surface area contributed by atoms with Crippen LogP contribution in [0.25, 0.3) is 11.3 Å². The van der Waals surface area contributed by atoms with Crippen molar-refractivity contribution in [1.82, 2.24) is 4.98 Å². The Morgan fingerprint density at radius 3 is 2.93 bits per heavy atom. The van der Waals surface area contributed by atoms with Gasteiger partial charge in [0.25, 0.3) is 0 Å². The van der Waals surface area contributed by atoms with Gasteiger partial charge in [-0.15, -0.1) is 11.3 Å². The molecule has 68 valence electrons. The van der Waals surface area contributed by atoms with Gasteiger partial charge in [-0.25, -0.2) is 4.98 Å². The smallest absolute Gasteiger partial charge is 0.184 e. The van der Waals surface area contributed by atoms with Crippen LogP contribution in [0.15, 0.2) is 29.6 Å². The van der Waals surface area contributed by atoms with Gasteiger partial charge >= 0.3 is 0 Å². The van der Waals surface area contributed by atoms with Gasteiger partial charge in [-0.1, -0.05) is 23.7 Å². The van der Waals surface area contributed by atoms with Crippen LogP contribution in [-0.4, -0.2) is 4.98 Å². The van der Waals surface area contributed by atoms with Crippen molar-refractivity contribution in [1.29, 1.82) is 5.26 Å². The largest absolute Gasteiger partial charge is 0.225 e.